The summed E-state index contributed by atoms with van der Waals surface area (Å²) in [6.45, 7) is 4.13. The quantitative estimate of drug-likeness (QED) is 0.735. The molecule has 0 saturated carbocycles. The standard InChI is InChI=1S/C13H15BrO2/c1-9-6-7-12(15)16-13(9,2)10-4-3-5-11(14)8-10/h3-5,8-9H,6-7H2,1-2H3/t9-,13-/m1/s1. The Balaban J connectivity index is 2.39. The molecule has 16 heavy (non-hydrogen) atoms. The fourth-order valence-corrected chi connectivity index (χ4v) is 2.54. The van der Waals surface area contributed by atoms with Crippen LogP contribution < -0.4 is 0 Å². The van der Waals surface area contributed by atoms with Crippen LogP contribution in [0.15, 0.2) is 28.7 Å². The zero-order chi connectivity index (χ0) is 11.8. The first-order valence-corrected chi connectivity index (χ1v) is 6.29. The van der Waals surface area contributed by atoms with Crippen molar-refractivity contribution in [3.8, 4) is 0 Å². The molecule has 0 aliphatic carbocycles. The molecule has 0 bridgehead atoms. The maximum absolute atomic E-state index is 11.4. The minimum Gasteiger partial charge on any atom is -0.454 e. The van der Waals surface area contributed by atoms with Crippen molar-refractivity contribution < 1.29 is 9.53 Å². The predicted octanol–water partition coefficient (Wildman–Crippen LogP) is 3.64. The smallest absolute Gasteiger partial charge is 0.306 e. The van der Waals surface area contributed by atoms with E-state index in [4.69, 9.17) is 4.74 Å². The highest BCUT2D eigenvalue weighted by Crippen LogP contribution is 2.40. The van der Waals surface area contributed by atoms with Crippen molar-refractivity contribution in [1.29, 1.82) is 0 Å². The molecule has 3 heteroatoms. The predicted molar refractivity (Wildman–Crippen MR) is 66.0 cm³/mol. The van der Waals surface area contributed by atoms with Gasteiger partial charge in [-0.3, -0.25) is 4.79 Å². The Hall–Kier alpha value is -0.830. The lowest BCUT2D eigenvalue weighted by Crippen LogP contribution is -2.40. The van der Waals surface area contributed by atoms with Crippen molar-refractivity contribution in [3.05, 3.63) is 34.3 Å². The monoisotopic (exact) mass is 282 g/mol. The molecule has 0 aromatic heterocycles. The number of carbonyl (C=O) groups is 1. The molecule has 1 aliphatic heterocycles. The molecular formula is C13H15BrO2. The summed E-state index contributed by atoms with van der Waals surface area (Å²) in [5.41, 5.74) is 0.571. The van der Waals surface area contributed by atoms with Gasteiger partial charge >= 0.3 is 5.97 Å². The van der Waals surface area contributed by atoms with Crippen molar-refractivity contribution in [2.24, 2.45) is 5.92 Å². The van der Waals surface area contributed by atoms with Gasteiger partial charge in [-0.1, -0.05) is 35.0 Å². The normalized spacial score (nSPS) is 29.9. The minimum absolute atomic E-state index is 0.0967. The van der Waals surface area contributed by atoms with Crippen LogP contribution in [0, 0.1) is 5.92 Å². The molecule has 2 atom stereocenters. The molecule has 0 amide bonds. The van der Waals surface area contributed by atoms with Crippen molar-refractivity contribution in [2.45, 2.75) is 32.3 Å². The Morgan fingerprint density at radius 3 is 2.94 bits per heavy atom. The lowest BCUT2D eigenvalue weighted by atomic mass is 9.79. The van der Waals surface area contributed by atoms with E-state index in [1.807, 2.05) is 31.2 Å². The Kier molecular flexibility index (Phi) is 3.06. The van der Waals surface area contributed by atoms with E-state index in [-0.39, 0.29) is 5.97 Å². The summed E-state index contributed by atoms with van der Waals surface area (Å²) in [4.78, 5) is 11.4. The summed E-state index contributed by atoms with van der Waals surface area (Å²) >= 11 is 3.45. The molecule has 2 rings (SSSR count). The van der Waals surface area contributed by atoms with E-state index in [0.29, 0.717) is 12.3 Å². The first kappa shape index (κ1) is 11.6. The highest BCUT2D eigenvalue weighted by Gasteiger charge is 2.40. The number of rotatable bonds is 1. The number of benzene rings is 1. The highest BCUT2D eigenvalue weighted by atomic mass is 79.9. The fraction of sp³-hybridized carbons (Fsp3) is 0.462. The second kappa shape index (κ2) is 4.21. The molecule has 86 valence electrons. The summed E-state index contributed by atoms with van der Waals surface area (Å²) in [6.07, 6.45) is 1.42. The second-order valence-electron chi connectivity index (χ2n) is 4.53. The van der Waals surface area contributed by atoms with Crippen LogP contribution in [0.5, 0.6) is 0 Å². The van der Waals surface area contributed by atoms with Crippen LogP contribution in [0.2, 0.25) is 0 Å². The third-order valence-corrected chi connectivity index (χ3v) is 3.94. The van der Waals surface area contributed by atoms with E-state index >= 15 is 0 Å². The van der Waals surface area contributed by atoms with Crippen molar-refractivity contribution in [1.82, 2.24) is 0 Å². The summed E-state index contributed by atoms with van der Waals surface area (Å²) < 4.78 is 6.58. The Morgan fingerprint density at radius 2 is 2.25 bits per heavy atom. The Labute approximate surface area is 104 Å². The van der Waals surface area contributed by atoms with E-state index in [1.165, 1.54) is 0 Å². The minimum atomic E-state index is -0.487. The van der Waals surface area contributed by atoms with Gasteiger partial charge in [-0.2, -0.15) is 0 Å². The van der Waals surface area contributed by atoms with Gasteiger partial charge in [0.15, 0.2) is 0 Å². The number of ether oxygens (including phenoxy) is 1. The lowest BCUT2D eigenvalue weighted by molar-refractivity contribution is -0.174. The van der Waals surface area contributed by atoms with E-state index in [9.17, 15) is 4.79 Å². The zero-order valence-corrected chi connectivity index (χ0v) is 11.1. The van der Waals surface area contributed by atoms with Crippen molar-refractivity contribution in [3.63, 3.8) is 0 Å². The molecule has 1 fully saturated rings. The number of hydrogen-bond acceptors (Lipinski definition) is 2. The summed E-state index contributed by atoms with van der Waals surface area (Å²) in [7, 11) is 0. The number of carbonyl (C=O) groups excluding carboxylic acids is 1. The van der Waals surface area contributed by atoms with Crippen molar-refractivity contribution in [2.75, 3.05) is 0 Å². The van der Waals surface area contributed by atoms with Crippen LogP contribution in [0.1, 0.15) is 32.3 Å². The van der Waals surface area contributed by atoms with Crippen molar-refractivity contribution >= 4 is 21.9 Å². The average molecular weight is 283 g/mol. The third-order valence-electron chi connectivity index (χ3n) is 3.45. The molecule has 1 aromatic rings. The molecule has 1 aromatic carbocycles. The average Bonchev–Trinajstić information content (AvgIpc) is 2.24. The zero-order valence-electron chi connectivity index (χ0n) is 9.50. The molecule has 1 heterocycles. The van der Waals surface area contributed by atoms with Gasteiger partial charge in [-0.05, 0) is 31.0 Å². The van der Waals surface area contributed by atoms with Gasteiger partial charge in [0.25, 0.3) is 0 Å². The van der Waals surface area contributed by atoms with Crippen LogP contribution in [0.3, 0.4) is 0 Å². The number of cyclic esters (lactones) is 1. The molecule has 1 aliphatic rings. The molecule has 1 saturated heterocycles. The Bertz CT molecular complexity index is 416. The van der Waals surface area contributed by atoms with Gasteiger partial charge in [0, 0.05) is 16.8 Å². The number of halogens is 1. The maximum atomic E-state index is 11.4. The van der Waals surface area contributed by atoms with E-state index < -0.39 is 5.60 Å². The molecular weight excluding hydrogens is 268 g/mol. The summed E-state index contributed by atoms with van der Waals surface area (Å²) in [5.74, 6) is 0.250. The molecule has 0 spiro atoms. The molecule has 0 unspecified atom stereocenters. The summed E-state index contributed by atoms with van der Waals surface area (Å²) in [5, 5.41) is 0. The van der Waals surface area contributed by atoms with E-state index in [1.54, 1.807) is 0 Å². The number of esters is 1. The van der Waals surface area contributed by atoms with Gasteiger partial charge in [-0.15, -0.1) is 0 Å². The lowest BCUT2D eigenvalue weighted by Gasteiger charge is -2.39. The van der Waals surface area contributed by atoms with Crippen LogP contribution in [-0.4, -0.2) is 5.97 Å². The number of hydrogen-bond donors (Lipinski definition) is 0. The molecule has 0 radical (unpaired) electrons. The van der Waals surface area contributed by atoms with Gasteiger partial charge in [-0.25, -0.2) is 0 Å². The first-order valence-electron chi connectivity index (χ1n) is 5.50. The SMILES string of the molecule is C[C@@H]1CCC(=O)O[C@@]1(C)c1cccc(Br)c1. The third kappa shape index (κ3) is 2.01. The summed E-state index contributed by atoms with van der Waals surface area (Å²) in [6, 6.07) is 7.98. The van der Waals surface area contributed by atoms with Crippen LogP contribution in [-0.2, 0) is 15.1 Å². The molecule has 2 nitrogen and oxygen atoms in total. The van der Waals surface area contributed by atoms with Crippen LogP contribution in [0.25, 0.3) is 0 Å². The van der Waals surface area contributed by atoms with Gasteiger partial charge in [0.2, 0.25) is 0 Å². The van der Waals surface area contributed by atoms with Crippen LogP contribution in [0.4, 0.5) is 0 Å². The van der Waals surface area contributed by atoms with Crippen LogP contribution >= 0.6 is 15.9 Å². The fourth-order valence-electron chi connectivity index (χ4n) is 2.14. The maximum Gasteiger partial charge on any atom is 0.306 e. The van der Waals surface area contributed by atoms with E-state index in [2.05, 4.69) is 22.9 Å². The van der Waals surface area contributed by atoms with Gasteiger partial charge < -0.3 is 4.74 Å². The molecule has 0 N–H and O–H groups in total. The largest absolute Gasteiger partial charge is 0.454 e. The van der Waals surface area contributed by atoms with Gasteiger partial charge in [0.1, 0.15) is 5.60 Å². The highest BCUT2D eigenvalue weighted by molar-refractivity contribution is 9.10. The topological polar surface area (TPSA) is 26.3 Å². The van der Waals surface area contributed by atoms with Gasteiger partial charge in [0.05, 0.1) is 0 Å². The second-order valence-corrected chi connectivity index (χ2v) is 5.45. The van der Waals surface area contributed by atoms with E-state index in [0.717, 1.165) is 16.5 Å². The first-order chi connectivity index (χ1) is 7.52. The Morgan fingerprint density at radius 1 is 1.50 bits per heavy atom.